The Morgan fingerprint density at radius 3 is 2.96 bits per heavy atom. The van der Waals surface area contributed by atoms with Gasteiger partial charge in [-0.15, -0.1) is 0 Å². The van der Waals surface area contributed by atoms with Crippen molar-refractivity contribution in [3.05, 3.63) is 30.1 Å². The molecule has 1 aliphatic heterocycles. The van der Waals surface area contributed by atoms with Gasteiger partial charge in [0.25, 0.3) is 0 Å². The Hall–Kier alpha value is -2.48. The number of para-hydroxylation sites is 2. The van der Waals surface area contributed by atoms with E-state index in [2.05, 4.69) is 16.9 Å². The Morgan fingerprint density at radius 1 is 1.46 bits per heavy atom. The molecule has 3 rings (SSSR count). The zero-order valence-corrected chi connectivity index (χ0v) is 16.1. The predicted molar refractivity (Wildman–Crippen MR) is 102 cm³/mol. The van der Waals surface area contributed by atoms with Gasteiger partial charge in [-0.05, 0) is 18.6 Å². The normalized spacial score (nSPS) is 20.5. The lowest BCUT2D eigenvalue weighted by atomic mass is 9.99. The molecule has 2 heterocycles. The molecule has 2 amide bonds. The highest BCUT2D eigenvalue weighted by Gasteiger charge is 2.40. The maximum absolute atomic E-state index is 14.3. The summed E-state index contributed by atoms with van der Waals surface area (Å²) in [5, 5.41) is 10.1. The van der Waals surface area contributed by atoms with Crippen LogP contribution in [0.2, 0.25) is 0 Å². The van der Waals surface area contributed by atoms with Crippen LogP contribution < -0.4 is 0 Å². The molecule has 2 aromatic rings. The van der Waals surface area contributed by atoms with Gasteiger partial charge in [-0.1, -0.05) is 38.3 Å². The fourth-order valence-corrected chi connectivity index (χ4v) is 3.85. The van der Waals surface area contributed by atoms with Crippen LogP contribution in [-0.4, -0.2) is 56.7 Å². The molecule has 152 valence electrons. The average molecular weight is 390 g/mol. The summed E-state index contributed by atoms with van der Waals surface area (Å²) in [6.45, 7) is 1.97. The first-order chi connectivity index (χ1) is 13.5. The summed E-state index contributed by atoms with van der Waals surface area (Å²) < 4.78 is 14.3. The van der Waals surface area contributed by atoms with E-state index >= 15 is 0 Å². The highest BCUT2D eigenvalue weighted by Crippen LogP contribution is 2.35. The van der Waals surface area contributed by atoms with Crippen molar-refractivity contribution in [3.8, 4) is 0 Å². The van der Waals surface area contributed by atoms with E-state index < -0.39 is 18.1 Å². The van der Waals surface area contributed by atoms with Crippen molar-refractivity contribution in [2.24, 2.45) is 5.92 Å². The van der Waals surface area contributed by atoms with Crippen LogP contribution in [0.5, 0.6) is 0 Å². The molecule has 0 aliphatic carbocycles. The molecule has 1 aromatic carbocycles. The number of imidazole rings is 1. The number of hydrogen-bond acceptors (Lipinski definition) is 4. The number of aromatic nitrogens is 2. The van der Waals surface area contributed by atoms with Crippen LogP contribution in [0.1, 0.15) is 50.9 Å². The summed E-state index contributed by atoms with van der Waals surface area (Å²) in [4.78, 5) is 33.3. The number of carbonyl (C=O) groups is 2. The summed E-state index contributed by atoms with van der Waals surface area (Å²) in [7, 11) is 0. The Balaban J connectivity index is 1.81. The Labute approximate surface area is 163 Å². The van der Waals surface area contributed by atoms with Crippen LogP contribution in [0.4, 0.5) is 4.39 Å². The molecule has 7 nitrogen and oxygen atoms in total. The number of likely N-dealkylation sites (tertiary alicyclic amines) is 1. The zero-order valence-electron chi connectivity index (χ0n) is 16.1. The largest absolute Gasteiger partial charge is 0.340 e. The third kappa shape index (κ3) is 4.49. The summed E-state index contributed by atoms with van der Waals surface area (Å²) >= 11 is 0. The number of aromatic amines is 1. The van der Waals surface area contributed by atoms with E-state index in [0.29, 0.717) is 23.7 Å². The molecular weight excluding hydrogens is 363 g/mol. The number of halogens is 1. The lowest BCUT2D eigenvalue weighted by molar-refractivity contribution is -0.157. The van der Waals surface area contributed by atoms with Gasteiger partial charge < -0.3 is 9.88 Å². The van der Waals surface area contributed by atoms with Gasteiger partial charge in [0.1, 0.15) is 12.0 Å². The van der Waals surface area contributed by atoms with E-state index in [9.17, 15) is 19.2 Å². The summed E-state index contributed by atoms with van der Waals surface area (Å²) in [6, 6.07) is 7.04. The van der Waals surface area contributed by atoms with Gasteiger partial charge in [0.15, 0.2) is 0 Å². The first-order valence-electron chi connectivity index (χ1n) is 9.83. The summed E-state index contributed by atoms with van der Waals surface area (Å²) in [6.07, 6.45) is 2.64. The number of hydroxylamine groups is 2. The van der Waals surface area contributed by atoms with E-state index in [1.54, 1.807) is 0 Å². The molecule has 28 heavy (non-hydrogen) atoms. The molecule has 1 fully saturated rings. The number of benzene rings is 1. The minimum absolute atomic E-state index is 0.00264. The van der Waals surface area contributed by atoms with E-state index in [1.165, 1.54) is 4.90 Å². The van der Waals surface area contributed by atoms with Crippen LogP contribution in [0.25, 0.3) is 11.0 Å². The number of carbonyl (C=O) groups excluding carboxylic acids is 2. The Morgan fingerprint density at radius 2 is 2.25 bits per heavy atom. The highest BCUT2D eigenvalue weighted by atomic mass is 19.1. The van der Waals surface area contributed by atoms with Crippen LogP contribution in [0.15, 0.2) is 24.3 Å². The second-order valence-corrected chi connectivity index (χ2v) is 7.40. The first-order valence-corrected chi connectivity index (χ1v) is 9.83. The molecule has 1 saturated heterocycles. The highest BCUT2D eigenvalue weighted by molar-refractivity contribution is 5.80. The van der Waals surface area contributed by atoms with Crippen LogP contribution in [0.3, 0.4) is 0 Å². The van der Waals surface area contributed by atoms with Crippen molar-refractivity contribution >= 4 is 23.4 Å². The number of hydrogen-bond donors (Lipinski definition) is 2. The molecule has 0 radical (unpaired) electrons. The quantitative estimate of drug-likeness (QED) is 0.298. The first kappa shape index (κ1) is 20.3. The van der Waals surface area contributed by atoms with Gasteiger partial charge in [-0.25, -0.2) is 14.4 Å². The molecular formula is C20H27FN4O3. The van der Waals surface area contributed by atoms with E-state index in [4.69, 9.17) is 0 Å². The predicted octanol–water partition coefficient (Wildman–Crippen LogP) is 3.22. The van der Waals surface area contributed by atoms with Crippen molar-refractivity contribution < 1.29 is 19.2 Å². The molecule has 3 atom stereocenters. The molecule has 2 N–H and O–H groups in total. The maximum Gasteiger partial charge on any atom is 0.233 e. The van der Waals surface area contributed by atoms with Crippen LogP contribution in [0, 0.1) is 5.92 Å². The number of H-pyrrole nitrogens is 1. The fourth-order valence-electron chi connectivity index (χ4n) is 3.85. The standard InChI is InChI=1S/C20H27FN4O3/c1-2-3-4-7-14(11-24(28)13-26)20(27)25-12-15(21)10-18(25)19-22-16-8-5-6-9-17(16)23-19/h5-6,8-9,13-15,18,28H,2-4,7,10-12H2,1H3,(H,22,23)/t14-,15?,18?/m0/s1. The van der Waals surface area contributed by atoms with Gasteiger partial charge in [0.2, 0.25) is 12.3 Å². The lowest BCUT2D eigenvalue weighted by Gasteiger charge is -2.28. The molecule has 0 bridgehead atoms. The average Bonchev–Trinajstić information content (AvgIpc) is 3.29. The fraction of sp³-hybridized carbons (Fsp3) is 0.550. The number of nitrogens with one attached hydrogen (secondary N) is 1. The van der Waals surface area contributed by atoms with Crippen molar-refractivity contribution in [1.82, 2.24) is 19.9 Å². The number of alkyl halides is 1. The van der Waals surface area contributed by atoms with E-state index in [-0.39, 0.29) is 25.4 Å². The smallest absolute Gasteiger partial charge is 0.233 e. The van der Waals surface area contributed by atoms with Crippen LogP contribution in [-0.2, 0) is 9.59 Å². The number of nitrogens with zero attached hydrogens (tertiary/aromatic N) is 3. The minimum atomic E-state index is -1.13. The second-order valence-electron chi connectivity index (χ2n) is 7.40. The molecule has 2 unspecified atom stereocenters. The molecule has 0 saturated carbocycles. The summed E-state index contributed by atoms with van der Waals surface area (Å²) in [5.74, 6) is -0.250. The van der Waals surface area contributed by atoms with Crippen molar-refractivity contribution in [3.63, 3.8) is 0 Å². The molecule has 1 aromatic heterocycles. The number of amides is 2. The van der Waals surface area contributed by atoms with Gasteiger partial charge in [0, 0.05) is 6.42 Å². The van der Waals surface area contributed by atoms with Crippen molar-refractivity contribution in [2.45, 2.75) is 51.2 Å². The van der Waals surface area contributed by atoms with Crippen molar-refractivity contribution in [2.75, 3.05) is 13.1 Å². The maximum atomic E-state index is 14.3. The van der Waals surface area contributed by atoms with E-state index in [0.717, 1.165) is 30.3 Å². The van der Waals surface area contributed by atoms with E-state index in [1.807, 2.05) is 24.3 Å². The third-order valence-electron chi connectivity index (χ3n) is 5.29. The van der Waals surface area contributed by atoms with Gasteiger partial charge >= 0.3 is 0 Å². The molecule has 0 spiro atoms. The lowest BCUT2D eigenvalue weighted by Crippen LogP contribution is -2.41. The van der Waals surface area contributed by atoms with Gasteiger partial charge in [0.05, 0.1) is 36.1 Å². The number of fused-ring (bicyclic) bond motifs is 1. The number of rotatable bonds is 9. The Kier molecular flexibility index (Phi) is 6.61. The molecule has 1 aliphatic rings. The summed E-state index contributed by atoms with van der Waals surface area (Å²) in [5.41, 5.74) is 1.61. The zero-order chi connectivity index (χ0) is 20.1. The third-order valence-corrected chi connectivity index (χ3v) is 5.29. The molecule has 8 heteroatoms. The Bertz CT molecular complexity index is 779. The minimum Gasteiger partial charge on any atom is -0.340 e. The topological polar surface area (TPSA) is 89.5 Å². The second kappa shape index (κ2) is 9.14. The number of unbranched alkanes of at least 4 members (excludes halogenated alkanes) is 2. The van der Waals surface area contributed by atoms with Crippen LogP contribution >= 0.6 is 0 Å². The monoisotopic (exact) mass is 390 g/mol. The van der Waals surface area contributed by atoms with Gasteiger partial charge in [-0.3, -0.25) is 14.8 Å². The van der Waals surface area contributed by atoms with Crippen molar-refractivity contribution in [1.29, 1.82) is 0 Å². The van der Waals surface area contributed by atoms with Gasteiger partial charge in [-0.2, -0.15) is 0 Å². The SMILES string of the molecule is CCCCC[C@@H](CN(O)C=O)C(=O)N1CC(F)CC1c1nc2ccccc2[nH]1.